The van der Waals surface area contributed by atoms with Crippen molar-refractivity contribution in [3.63, 3.8) is 0 Å². The highest BCUT2D eigenvalue weighted by molar-refractivity contribution is 5.77. The van der Waals surface area contributed by atoms with Crippen molar-refractivity contribution in [3.8, 4) is 5.69 Å². The molecule has 1 aliphatic rings. The zero-order chi connectivity index (χ0) is 17.6. The van der Waals surface area contributed by atoms with Gasteiger partial charge in [-0.3, -0.25) is 4.79 Å². The van der Waals surface area contributed by atoms with Gasteiger partial charge in [0.25, 0.3) is 0 Å². The van der Waals surface area contributed by atoms with Crippen LogP contribution < -0.4 is 5.32 Å². The first kappa shape index (κ1) is 17.6. The number of halogens is 1. The fraction of sp³-hybridized carbons (Fsp3) is 0.474. The molecule has 6 heteroatoms. The Labute approximate surface area is 147 Å². The normalized spacial score (nSPS) is 15.3. The van der Waals surface area contributed by atoms with E-state index in [4.69, 9.17) is 4.74 Å². The molecule has 1 fully saturated rings. The second kappa shape index (κ2) is 8.25. The lowest BCUT2D eigenvalue weighted by Gasteiger charge is -2.21. The highest BCUT2D eigenvalue weighted by Crippen LogP contribution is 2.20. The summed E-state index contributed by atoms with van der Waals surface area (Å²) in [7, 11) is 0. The van der Waals surface area contributed by atoms with E-state index in [1.54, 1.807) is 29.1 Å². The number of carbonyl (C=O) groups is 1. The van der Waals surface area contributed by atoms with Crippen molar-refractivity contribution in [2.75, 3.05) is 6.61 Å². The van der Waals surface area contributed by atoms with Crippen LogP contribution in [0.5, 0.6) is 0 Å². The molecule has 2 aromatic rings. The number of benzene rings is 1. The Bertz CT molecular complexity index is 723. The number of nitrogens with one attached hydrogen (secondary N) is 1. The molecule has 25 heavy (non-hydrogen) atoms. The number of ether oxygens (including phenoxy) is 1. The van der Waals surface area contributed by atoms with E-state index >= 15 is 0 Å². The Hall–Kier alpha value is -2.21. The van der Waals surface area contributed by atoms with Crippen LogP contribution in [0, 0.1) is 12.7 Å². The van der Waals surface area contributed by atoms with Crippen molar-refractivity contribution in [2.24, 2.45) is 0 Å². The van der Waals surface area contributed by atoms with Gasteiger partial charge in [-0.25, -0.2) is 9.37 Å². The minimum absolute atomic E-state index is 0.0689. The fourth-order valence-electron chi connectivity index (χ4n) is 3.17. The third kappa shape index (κ3) is 4.66. The maximum absolute atomic E-state index is 14.3. The van der Waals surface area contributed by atoms with Crippen LogP contribution >= 0.6 is 0 Å². The van der Waals surface area contributed by atoms with E-state index in [9.17, 15) is 9.18 Å². The second-order valence-electron chi connectivity index (χ2n) is 6.48. The van der Waals surface area contributed by atoms with Gasteiger partial charge in [-0.1, -0.05) is 25.3 Å². The molecule has 1 amide bonds. The fourth-order valence-corrected chi connectivity index (χ4v) is 3.17. The predicted molar refractivity (Wildman–Crippen MR) is 92.9 cm³/mol. The first-order valence-electron chi connectivity index (χ1n) is 8.80. The van der Waals surface area contributed by atoms with Gasteiger partial charge in [0, 0.05) is 18.9 Å². The van der Waals surface area contributed by atoms with Gasteiger partial charge >= 0.3 is 0 Å². The lowest BCUT2D eigenvalue weighted by molar-refractivity contribution is -0.128. The first-order valence-corrected chi connectivity index (χ1v) is 8.80. The maximum atomic E-state index is 14.3. The van der Waals surface area contributed by atoms with Gasteiger partial charge in [0.2, 0.25) is 5.91 Å². The summed E-state index contributed by atoms with van der Waals surface area (Å²) in [4.78, 5) is 16.0. The third-order valence-electron chi connectivity index (χ3n) is 4.59. The molecule has 1 aliphatic carbocycles. The maximum Gasteiger partial charge on any atom is 0.246 e. The smallest absolute Gasteiger partial charge is 0.246 e. The molecule has 0 aliphatic heterocycles. The van der Waals surface area contributed by atoms with Gasteiger partial charge in [-0.05, 0) is 37.5 Å². The number of hydrogen-bond acceptors (Lipinski definition) is 3. The van der Waals surface area contributed by atoms with Gasteiger partial charge in [0.15, 0.2) is 0 Å². The molecule has 5 nitrogen and oxygen atoms in total. The Morgan fingerprint density at radius 3 is 2.84 bits per heavy atom. The van der Waals surface area contributed by atoms with E-state index in [0.717, 1.165) is 18.7 Å². The van der Waals surface area contributed by atoms with Crippen molar-refractivity contribution in [1.82, 2.24) is 14.9 Å². The molecule has 0 saturated heterocycles. The van der Waals surface area contributed by atoms with Crippen LogP contribution in [0.25, 0.3) is 5.69 Å². The Kier molecular flexibility index (Phi) is 5.81. The molecule has 0 radical (unpaired) electrons. The largest absolute Gasteiger partial charge is 0.368 e. The number of amides is 1. The molecule has 0 atom stereocenters. The number of imidazole rings is 1. The van der Waals surface area contributed by atoms with E-state index < -0.39 is 0 Å². The average Bonchev–Trinajstić information content (AvgIpc) is 3.05. The van der Waals surface area contributed by atoms with E-state index in [1.807, 2.05) is 6.92 Å². The molecule has 0 unspecified atom stereocenters. The number of hydrogen-bond donors (Lipinski definition) is 1. The Morgan fingerprint density at radius 1 is 1.36 bits per heavy atom. The highest BCUT2D eigenvalue weighted by atomic mass is 19.1. The summed E-state index contributed by atoms with van der Waals surface area (Å²) in [6, 6.07) is 4.95. The average molecular weight is 345 g/mol. The van der Waals surface area contributed by atoms with Crippen LogP contribution in [0.2, 0.25) is 0 Å². The van der Waals surface area contributed by atoms with E-state index in [0.29, 0.717) is 11.3 Å². The molecule has 1 aromatic carbocycles. The zero-order valence-corrected chi connectivity index (χ0v) is 14.5. The molecule has 1 aromatic heterocycles. The lowest BCUT2D eigenvalue weighted by atomic mass is 9.98. The SMILES string of the molecule is Cc1nccn1-c1ccc(CNC(=O)COC2CCCCC2)cc1F. The van der Waals surface area contributed by atoms with Gasteiger partial charge in [-0.15, -0.1) is 0 Å². The third-order valence-corrected chi connectivity index (χ3v) is 4.59. The molecule has 1 heterocycles. The van der Waals surface area contributed by atoms with Gasteiger partial charge in [0.1, 0.15) is 18.2 Å². The van der Waals surface area contributed by atoms with Gasteiger partial charge in [0.05, 0.1) is 11.8 Å². The predicted octanol–water partition coefficient (Wildman–Crippen LogP) is 3.29. The van der Waals surface area contributed by atoms with E-state index in [-0.39, 0.29) is 31.0 Å². The molecule has 3 rings (SSSR count). The molecule has 134 valence electrons. The molecule has 0 spiro atoms. The molecule has 1 N–H and O–H groups in total. The summed E-state index contributed by atoms with van der Waals surface area (Å²) in [5, 5.41) is 2.78. The first-order chi connectivity index (χ1) is 12.1. The summed E-state index contributed by atoms with van der Waals surface area (Å²) in [6.07, 6.45) is 9.23. The van der Waals surface area contributed by atoms with Crippen molar-refractivity contribution >= 4 is 5.91 Å². The Morgan fingerprint density at radius 2 is 2.16 bits per heavy atom. The number of nitrogens with zero attached hydrogens (tertiary/aromatic N) is 2. The van der Waals surface area contributed by atoms with Crippen LogP contribution in [0.1, 0.15) is 43.5 Å². The van der Waals surface area contributed by atoms with Crippen molar-refractivity contribution < 1.29 is 13.9 Å². The summed E-state index contributed by atoms with van der Waals surface area (Å²) in [5.74, 6) is 0.214. The van der Waals surface area contributed by atoms with Crippen LogP contribution in [0.4, 0.5) is 4.39 Å². The minimum Gasteiger partial charge on any atom is -0.368 e. The zero-order valence-electron chi connectivity index (χ0n) is 14.5. The van der Waals surface area contributed by atoms with E-state index in [1.165, 1.54) is 25.3 Å². The Balaban J connectivity index is 1.50. The van der Waals surface area contributed by atoms with Gasteiger partial charge in [-0.2, -0.15) is 0 Å². The van der Waals surface area contributed by atoms with E-state index in [2.05, 4.69) is 10.3 Å². The minimum atomic E-state index is -0.341. The number of aryl methyl sites for hydroxylation is 1. The quantitative estimate of drug-likeness (QED) is 0.874. The van der Waals surface area contributed by atoms with Crippen molar-refractivity contribution in [3.05, 3.63) is 47.8 Å². The van der Waals surface area contributed by atoms with Crippen LogP contribution in [0.3, 0.4) is 0 Å². The second-order valence-corrected chi connectivity index (χ2v) is 6.48. The summed E-state index contributed by atoms with van der Waals surface area (Å²) >= 11 is 0. The molecular formula is C19H24FN3O2. The molecular weight excluding hydrogens is 321 g/mol. The van der Waals surface area contributed by atoms with Crippen molar-refractivity contribution in [2.45, 2.75) is 51.7 Å². The molecule has 1 saturated carbocycles. The van der Waals surface area contributed by atoms with Crippen LogP contribution in [0.15, 0.2) is 30.6 Å². The van der Waals surface area contributed by atoms with Crippen LogP contribution in [-0.4, -0.2) is 28.2 Å². The monoisotopic (exact) mass is 345 g/mol. The number of rotatable bonds is 6. The van der Waals surface area contributed by atoms with Crippen LogP contribution in [-0.2, 0) is 16.1 Å². The van der Waals surface area contributed by atoms with Crippen molar-refractivity contribution in [1.29, 1.82) is 0 Å². The summed E-state index contributed by atoms with van der Waals surface area (Å²) in [6.45, 7) is 2.17. The standard InChI is InChI=1S/C19H24FN3O2/c1-14-21-9-10-23(14)18-8-7-15(11-17(18)20)12-22-19(24)13-25-16-5-3-2-4-6-16/h7-11,16H,2-6,12-13H2,1H3,(H,22,24). The number of aromatic nitrogens is 2. The topological polar surface area (TPSA) is 56.2 Å². The number of carbonyl (C=O) groups excluding carboxylic acids is 1. The highest BCUT2D eigenvalue weighted by Gasteiger charge is 2.15. The lowest BCUT2D eigenvalue weighted by Crippen LogP contribution is -2.30. The molecule has 0 bridgehead atoms. The summed E-state index contributed by atoms with van der Waals surface area (Å²) in [5.41, 5.74) is 1.16. The summed E-state index contributed by atoms with van der Waals surface area (Å²) < 4.78 is 21.7. The van der Waals surface area contributed by atoms with Gasteiger partial charge < -0.3 is 14.6 Å².